The minimum absolute atomic E-state index is 0.177. The number of benzene rings is 1. The normalized spacial score (nSPS) is 22.3. The molecule has 0 unspecified atom stereocenters. The van der Waals surface area contributed by atoms with Crippen LogP contribution >= 0.6 is 11.6 Å². The molecule has 0 spiro atoms. The van der Waals surface area contributed by atoms with Crippen LogP contribution in [0.3, 0.4) is 0 Å². The summed E-state index contributed by atoms with van der Waals surface area (Å²) in [6.07, 6.45) is 0.143. The first-order chi connectivity index (χ1) is 14.0. The van der Waals surface area contributed by atoms with Crippen molar-refractivity contribution in [2.24, 2.45) is 5.92 Å². The van der Waals surface area contributed by atoms with Crippen LogP contribution in [0, 0.1) is 5.92 Å². The Labute approximate surface area is 179 Å². The van der Waals surface area contributed by atoms with E-state index in [0.29, 0.717) is 10.9 Å². The zero-order valence-corrected chi connectivity index (χ0v) is 18.0. The lowest BCUT2D eigenvalue weighted by atomic mass is 9.75. The van der Waals surface area contributed by atoms with Crippen molar-refractivity contribution in [3.05, 3.63) is 46.7 Å². The fourth-order valence-corrected chi connectivity index (χ4v) is 4.39. The molecule has 0 saturated heterocycles. The van der Waals surface area contributed by atoms with Crippen molar-refractivity contribution in [3.63, 3.8) is 0 Å². The van der Waals surface area contributed by atoms with Gasteiger partial charge in [0.1, 0.15) is 0 Å². The van der Waals surface area contributed by atoms with Gasteiger partial charge in [-0.25, -0.2) is 4.68 Å². The third-order valence-corrected chi connectivity index (χ3v) is 6.20. The fourth-order valence-electron chi connectivity index (χ4n) is 4.26. The summed E-state index contributed by atoms with van der Waals surface area (Å²) in [5, 5.41) is 6.98. The molecule has 30 heavy (non-hydrogen) atoms. The number of halogens is 4. The van der Waals surface area contributed by atoms with Gasteiger partial charge in [-0.2, -0.15) is 18.3 Å². The van der Waals surface area contributed by atoms with E-state index >= 15 is 0 Å². The van der Waals surface area contributed by atoms with E-state index < -0.39 is 23.3 Å². The second kappa shape index (κ2) is 8.59. The highest BCUT2D eigenvalue weighted by atomic mass is 35.5. The maximum atomic E-state index is 13.8. The first-order valence-electron chi connectivity index (χ1n) is 9.90. The molecule has 1 N–H and O–H groups in total. The van der Waals surface area contributed by atoms with E-state index in [-0.39, 0.29) is 17.8 Å². The van der Waals surface area contributed by atoms with Crippen LogP contribution in [-0.2, 0) is 6.18 Å². The summed E-state index contributed by atoms with van der Waals surface area (Å²) in [6, 6.07) is 5.81. The quantitative estimate of drug-likeness (QED) is 0.724. The largest absolute Gasteiger partial charge is 0.434 e. The van der Waals surface area contributed by atoms with Gasteiger partial charge < -0.3 is 10.2 Å². The lowest BCUT2D eigenvalue weighted by molar-refractivity contribution is -0.143. The highest BCUT2D eigenvalue weighted by Crippen LogP contribution is 2.36. The molecular weight excluding hydrogens is 417 g/mol. The molecule has 164 valence electrons. The first kappa shape index (κ1) is 22.6. The number of hydrogen-bond donors (Lipinski definition) is 1. The van der Waals surface area contributed by atoms with Crippen LogP contribution in [0.2, 0.25) is 5.02 Å². The molecule has 1 fully saturated rings. The van der Waals surface area contributed by atoms with Crippen LogP contribution in [0.1, 0.15) is 48.7 Å². The van der Waals surface area contributed by atoms with Crippen molar-refractivity contribution in [2.45, 2.75) is 44.3 Å². The molecule has 2 atom stereocenters. The summed E-state index contributed by atoms with van der Waals surface area (Å²) >= 11 is 5.83. The minimum atomic E-state index is -4.75. The van der Waals surface area contributed by atoms with Crippen molar-refractivity contribution in [1.82, 2.24) is 20.0 Å². The monoisotopic (exact) mass is 442 g/mol. The van der Waals surface area contributed by atoms with Crippen LogP contribution in [0.15, 0.2) is 30.5 Å². The molecule has 1 heterocycles. The number of hydrogen-bond acceptors (Lipinski definition) is 3. The zero-order valence-electron chi connectivity index (χ0n) is 17.3. The Morgan fingerprint density at radius 3 is 2.57 bits per heavy atom. The highest BCUT2D eigenvalue weighted by molar-refractivity contribution is 6.30. The Balaban J connectivity index is 1.88. The number of amides is 1. The smallest absolute Gasteiger partial charge is 0.350 e. The average Bonchev–Trinajstić information content (AvgIpc) is 3.12. The Hall–Kier alpha value is -2.06. The predicted octanol–water partition coefficient (Wildman–Crippen LogP) is 4.78. The molecule has 0 radical (unpaired) electrons. The lowest BCUT2D eigenvalue weighted by Gasteiger charge is -2.45. The average molecular weight is 443 g/mol. The molecule has 3 rings (SSSR count). The molecule has 1 saturated carbocycles. The zero-order chi connectivity index (χ0) is 22.1. The number of carbonyl (C=O) groups is 1. The third kappa shape index (κ3) is 4.64. The summed E-state index contributed by atoms with van der Waals surface area (Å²) in [6.45, 7) is 2.45. The van der Waals surface area contributed by atoms with Gasteiger partial charge in [-0.15, -0.1) is 0 Å². The minimum Gasteiger partial charge on any atom is -0.350 e. The van der Waals surface area contributed by atoms with Crippen LogP contribution in [0.25, 0.3) is 5.69 Å². The van der Waals surface area contributed by atoms with Crippen molar-refractivity contribution in [3.8, 4) is 5.69 Å². The van der Waals surface area contributed by atoms with E-state index in [4.69, 9.17) is 11.6 Å². The van der Waals surface area contributed by atoms with Gasteiger partial charge >= 0.3 is 6.18 Å². The van der Waals surface area contributed by atoms with Gasteiger partial charge in [-0.05, 0) is 57.1 Å². The third-order valence-electron chi connectivity index (χ3n) is 5.95. The summed E-state index contributed by atoms with van der Waals surface area (Å²) in [4.78, 5) is 14.9. The van der Waals surface area contributed by atoms with Gasteiger partial charge in [0.15, 0.2) is 5.69 Å². The van der Waals surface area contributed by atoms with Crippen molar-refractivity contribution in [2.75, 3.05) is 20.6 Å². The molecular formula is C21H26ClF3N4O. The summed E-state index contributed by atoms with van der Waals surface area (Å²) in [7, 11) is 3.90. The molecule has 1 amide bonds. The maximum Gasteiger partial charge on any atom is 0.434 e. The molecule has 0 bridgehead atoms. The topological polar surface area (TPSA) is 50.2 Å². The number of likely N-dealkylation sites (N-methyl/N-ethyl adjacent to an activating group) is 1. The van der Waals surface area contributed by atoms with Crippen LogP contribution in [-0.4, -0.2) is 46.8 Å². The fraction of sp³-hybridized carbons (Fsp3) is 0.524. The van der Waals surface area contributed by atoms with Gasteiger partial charge in [0.25, 0.3) is 5.91 Å². The van der Waals surface area contributed by atoms with Crippen LogP contribution in [0.5, 0.6) is 0 Å². The molecule has 1 aliphatic carbocycles. The SMILES string of the molecule is C[C@@H]1CCC[C@](CNC(=O)c2cnn(-c3ccc(Cl)cc3)c2C(F)(F)F)(N(C)C)C1. The van der Waals surface area contributed by atoms with Crippen LogP contribution < -0.4 is 5.32 Å². The second-order valence-electron chi connectivity index (χ2n) is 8.30. The molecule has 5 nitrogen and oxygen atoms in total. The lowest BCUT2D eigenvalue weighted by Crippen LogP contribution is -2.55. The van der Waals surface area contributed by atoms with Gasteiger partial charge in [0, 0.05) is 17.1 Å². The Kier molecular flexibility index (Phi) is 6.48. The molecule has 1 aromatic carbocycles. The second-order valence-corrected chi connectivity index (χ2v) is 8.73. The van der Waals surface area contributed by atoms with Gasteiger partial charge in [-0.3, -0.25) is 4.79 Å². The standard InChI is InChI=1S/C21H26ClF3N4O/c1-14-5-4-10-20(11-14,28(2)3)13-26-19(30)17-12-27-29(18(17)21(23,24)25)16-8-6-15(22)7-9-16/h6-9,12,14H,4-5,10-11,13H2,1-3H3,(H,26,30)/t14-,20+/m1/s1. The van der Waals surface area contributed by atoms with Crippen molar-refractivity contribution in [1.29, 1.82) is 0 Å². The van der Waals surface area contributed by atoms with Crippen LogP contribution in [0.4, 0.5) is 13.2 Å². The van der Waals surface area contributed by atoms with E-state index in [1.54, 1.807) is 0 Å². The number of nitrogens with one attached hydrogen (secondary N) is 1. The Bertz CT molecular complexity index is 895. The maximum absolute atomic E-state index is 13.8. The molecule has 1 aliphatic rings. The highest BCUT2D eigenvalue weighted by Gasteiger charge is 2.42. The summed E-state index contributed by atoms with van der Waals surface area (Å²) < 4.78 is 42.3. The Morgan fingerprint density at radius 1 is 1.33 bits per heavy atom. The van der Waals surface area contributed by atoms with E-state index in [1.807, 2.05) is 14.1 Å². The molecule has 9 heteroatoms. The predicted molar refractivity (Wildman–Crippen MR) is 110 cm³/mol. The number of rotatable bonds is 5. The molecule has 1 aromatic heterocycles. The van der Waals surface area contributed by atoms with Gasteiger partial charge in [-0.1, -0.05) is 31.4 Å². The Morgan fingerprint density at radius 2 is 2.00 bits per heavy atom. The number of alkyl halides is 3. The molecule has 0 aliphatic heterocycles. The number of carbonyl (C=O) groups excluding carboxylic acids is 1. The van der Waals surface area contributed by atoms with E-state index in [9.17, 15) is 18.0 Å². The summed E-state index contributed by atoms with van der Waals surface area (Å²) in [5.41, 5.74) is -1.68. The van der Waals surface area contributed by atoms with Gasteiger partial charge in [0.05, 0.1) is 17.4 Å². The van der Waals surface area contributed by atoms with Crippen molar-refractivity contribution < 1.29 is 18.0 Å². The van der Waals surface area contributed by atoms with Gasteiger partial charge in [0.2, 0.25) is 0 Å². The number of nitrogens with zero attached hydrogens (tertiary/aromatic N) is 3. The molecule has 2 aromatic rings. The van der Waals surface area contributed by atoms with E-state index in [0.717, 1.165) is 36.6 Å². The van der Waals surface area contributed by atoms with E-state index in [1.165, 1.54) is 24.3 Å². The number of aromatic nitrogens is 2. The van der Waals surface area contributed by atoms with Crippen molar-refractivity contribution >= 4 is 17.5 Å². The summed E-state index contributed by atoms with van der Waals surface area (Å²) in [5.74, 6) is -0.279. The first-order valence-corrected chi connectivity index (χ1v) is 10.3. The van der Waals surface area contributed by atoms with E-state index in [2.05, 4.69) is 22.2 Å².